The van der Waals surface area contributed by atoms with Crippen LogP contribution in [0.2, 0.25) is 0 Å². The van der Waals surface area contributed by atoms with E-state index in [2.05, 4.69) is 65.3 Å². The van der Waals surface area contributed by atoms with Gasteiger partial charge in [-0.15, -0.1) is 0 Å². The summed E-state index contributed by atoms with van der Waals surface area (Å²) in [7, 11) is 3.93. The van der Waals surface area contributed by atoms with Gasteiger partial charge in [-0.25, -0.2) is 0 Å². The van der Waals surface area contributed by atoms with Gasteiger partial charge in [0, 0.05) is 27.2 Å². The highest BCUT2D eigenvalue weighted by atomic mass is 15.3. The molecule has 0 fully saturated rings. The van der Waals surface area contributed by atoms with Gasteiger partial charge in [0.15, 0.2) is 5.96 Å². The molecule has 22 heavy (non-hydrogen) atoms. The van der Waals surface area contributed by atoms with Crippen LogP contribution in [0.25, 0.3) is 0 Å². The zero-order valence-corrected chi connectivity index (χ0v) is 14.7. The van der Waals surface area contributed by atoms with Gasteiger partial charge in [-0.05, 0) is 38.0 Å². The quantitative estimate of drug-likeness (QED) is 0.432. The van der Waals surface area contributed by atoms with Crippen LogP contribution in [-0.2, 0) is 6.54 Å². The SMILES string of the molecule is CCN(CC)CCCCNC(=NC)N(C)Cc1ccccc1. The molecule has 0 aliphatic carbocycles. The van der Waals surface area contributed by atoms with E-state index in [1.54, 1.807) is 0 Å². The maximum absolute atomic E-state index is 4.37. The predicted octanol–water partition coefficient (Wildman–Crippen LogP) is 2.82. The molecule has 1 aromatic rings. The minimum atomic E-state index is 0.875. The van der Waals surface area contributed by atoms with Crippen molar-refractivity contribution in [3.05, 3.63) is 35.9 Å². The first-order valence-electron chi connectivity index (χ1n) is 8.39. The summed E-state index contributed by atoms with van der Waals surface area (Å²) in [5.74, 6) is 0.965. The highest BCUT2D eigenvalue weighted by molar-refractivity contribution is 5.79. The molecule has 0 aliphatic heterocycles. The van der Waals surface area contributed by atoms with Crippen molar-refractivity contribution in [3.8, 4) is 0 Å². The lowest BCUT2D eigenvalue weighted by atomic mass is 10.2. The van der Waals surface area contributed by atoms with E-state index >= 15 is 0 Å². The highest BCUT2D eigenvalue weighted by Gasteiger charge is 2.06. The minimum absolute atomic E-state index is 0.875. The van der Waals surface area contributed by atoms with Crippen molar-refractivity contribution in [2.24, 2.45) is 4.99 Å². The van der Waals surface area contributed by atoms with Crippen LogP contribution in [0.1, 0.15) is 32.3 Å². The maximum atomic E-state index is 4.37. The van der Waals surface area contributed by atoms with Crippen LogP contribution >= 0.6 is 0 Å². The number of guanidine groups is 1. The van der Waals surface area contributed by atoms with Gasteiger partial charge in [0.2, 0.25) is 0 Å². The lowest BCUT2D eigenvalue weighted by Crippen LogP contribution is -2.39. The Hall–Kier alpha value is -1.55. The third-order valence-corrected chi connectivity index (χ3v) is 3.91. The molecule has 124 valence electrons. The normalized spacial score (nSPS) is 11.8. The topological polar surface area (TPSA) is 30.9 Å². The number of unbranched alkanes of at least 4 members (excludes halogenated alkanes) is 1. The second-order valence-corrected chi connectivity index (χ2v) is 5.55. The molecule has 0 saturated heterocycles. The molecule has 1 N–H and O–H groups in total. The van der Waals surface area contributed by atoms with Gasteiger partial charge in [-0.1, -0.05) is 44.2 Å². The van der Waals surface area contributed by atoms with Crippen LogP contribution in [0.5, 0.6) is 0 Å². The van der Waals surface area contributed by atoms with Gasteiger partial charge < -0.3 is 15.1 Å². The van der Waals surface area contributed by atoms with Gasteiger partial charge in [-0.3, -0.25) is 4.99 Å². The molecule has 0 amide bonds. The number of rotatable bonds is 9. The van der Waals surface area contributed by atoms with Crippen LogP contribution in [0.15, 0.2) is 35.3 Å². The summed E-state index contributed by atoms with van der Waals surface area (Å²) < 4.78 is 0. The number of hydrogen-bond donors (Lipinski definition) is 1. The van der Waals surface area contributed by atoms with Crippen LogP contribution < -0.4 is 5.32 Å². The van der Waals surface area contributed by atoms with Crippen LogP contribution in [0, 0.1) is 0 Å². The van der Waals surface area contributed by atoms with E-state index in [9.17, 15) is 0 Å². The Labute approximate surface area is 136 Å². The Bertz CT molecular complexity index is 412. The van der Waals surface area contributed by atoms with Gasteiger partial charge in [0.1, 0.15) is 0 Å². The van der Waals surface area contributed by atoms with Crippen molar-refractivity contribution < 1.29 is 0 Å². The van der Waals surface area contributed by atoms with Crippen molar-refractivity contribution in [1.82, 2.24) is 15.1 Å². The van der Waals surface area contributed by atoms with Gasteiger partial charge >= 0.3 is 0 Å². The van der Waals surface area contributed by atoms with E-state index < -0.39 is 0 Å². The van der Waals surface area contributed by atoms with Crippen LogP contribution in [0.4, 0.5) is 0 Å². The van der Waals surface area contributed by atoms with Crippen molar-refractivity contribution in [2.75, 3.05) is 40.3 Å². The smallest absolute Gasteiger partial charge is 0.193 e. The average Bonchev–Trinajstić information content (AvgIpc) is 2.55. The van der Waals surface area contributed by atoms with Crippen LogP contribution in [0.3, 0.4) is 0 Å². The monoisotopic (exact) mass is 304 g/mol. The first-order chi connectivity index (χ1) is 10.7. The molecule has 1 aromatic carbocycles. The number of benzene rings is 1. The van der Waals surface area contributed by atoms with Crippen molar-refractivity contribution in [1.29, 1.82) is 0 Å². The molecule has 0 saturated carbocycles. The van der Waals surface area contributed by atoms with Gasteiger partial charge in [0.05, 0.1) is 0 Å². The second-order valence-electron chi connectivity index (χ2n) is 5.55. The Kier molecular flexibility index (Phi) is 9.31. The van der Waals surface area contributed by atoms with E-state index in [0.717, 1.165) is 32.1 Å². The summed E-state index contributed by atoms with van der Waals surface area (Å²) in [5.41, 5.74) is 1.30. The van der Waals surface area contributed by atoms with E-state index in [0.29, 0.717) is 0 Å². The molecule has 0 spiro atoms. The number of nitrogens with one attached hydrogen (secondary N) is 1. The predicted molar refractivity (Wildman–Crippen MR) is 96.3 cm³/mol. The first-order valence-corrected chi connectivity index (χ1v) is 8.39. The summed E-state index contributed by atoms with van der Waals surface area (Å²) in [6, 6.07) is 10.5. The molecule has 0 heterocycles. The molecule has 0 radical (unpaired) electrons. The summed E-state index contributed by atoms with van der Waals surface area (Å²) in [5, 5.41) is 3.46. The van der Waals surface area contributed by atoms with Crippen molar-refractivity contribution in [3.63, 3.8) is 0 Å². The van der Waals surface area contributed by atoms with Crippen LogP contribution in [-0.4, -0.2) is 56.0 Å². The Morgan fingerprint density at radius 3 is 2.36 bits per heavy atom. The zero-order chi connectivity index (χ0) is 16.2. The fourth-order valence-corrected chi connectivity index (χ4v) is 2.52. The molecule has 0 atom stereocenters. The standard InChI is InChI=1S/C18H32N4/c1-5-22(6-2)15-11-10-14-20-18(19-3)21(4)16-17-12-8-7-9-13-17/h7-9,12-13H,5-6,10-11,14-16H2,1-4H3,(H,19,20). The summed E-state index contributed by atoms with van der Waals surface area (Å²) in [4.78, 5) is 9.01. The highest BCUT2D eigenvalue weighted by Crippen LogP contribution is 2.03. The molecular formula is C18H32N4. The molecule has 0 bridgehead atoms. The third-order valence-electron chi connectivity index (χ3n) is 3.91. The Balaban J connectivity index is 2.27. The largest absolute Gasteiger partial charge is 0.356 e. The molecule has 4 nitrogen and oxygen atoms in total. The maximum Gasteiger partial charge on any atom is 0.193 e. The van der Waals surface area contributed by atoms with Gasteiger partial charge in [-0.2, -0.15) is 0 Å². The lowest BCUT2D eigenvalue weighted by molar-refractivity contribution is 0.297. The second kappa shape index (κ2) is 11.1. The lowest BCUT2D eigenvalue weighted by Gasteiger charge is -2.22. The number of nitrogens with zero attached hydrogens (tertiary/aromatic N) is 3. The fraction of sp³-hybridized carbons (Fsp3) is 0.611. The molecular weight excluding hydrogens is 272 g/mol. The zero-order valence-electron chi connectivity index (χ0n) is 14.7. The minimum Gasteiger partial charge on any atom is -0.356 e. The van der Waals surface area contributed by atoms with E-state index in [1.807, 2.05) is 13.1 Å². The Morgan fingerprint density at radius 2 is 1.77 bits per heavy atom. The van der Waals surface area contributed by atoms with E-state index in [1.165, 1.54) is 24.9 Å². The van der Waals surface area contributed by atoms with E-state index in [-0.39, 0.29) is 0 Å². The summed E-state index contributed by atoms with van der Waals surface area (Å²) in [6.07, 6.45) is 2.41. The van der Waals surface area contributed by atoms with Crippen molar-refractivity contribution in [2.45, 2.75) is 33.2 Å². The van der Waals surface area contributed by atoms with E-state index in [4.69, 9.17) is 0 Å². The molecule has 1 rings (SSSR count). The number of hydrogen-bond acceptors (Lipinski definition) is 2. The van der Waals surface area contributed by atoms with Gasteiger partial charge in [0.25, 0.3) is 0 Å². The first kappa shape index (κ1) is 18.5. The molecule has 0 aromatic heterocycles. The molecule has 0 unspecified atom stereocenters. The van der Waals surface area contributed by atoms with Crippen molar-refractivity contribution >= 4 is 5.96 Å². The fourth-order valence-electron chi connectivity index (χ4n) is 2.52. The molecule has 4 heteroatoms. The Morgan fingerprint density at radius 1 is 1.09 bits per heavy atom. The molecule has 0 aliphatic rings. The number of aliphatic imine (C=N–C) groups is 1. The third kappa shape index (κ3) is 6.94. The summed E-state index contributed by atoms with van der Waals surface area (Å²) in [6.45, 7) is 9.78. The average molecular weight is 304 g/mol. The summed E-state index contributed by atoms with van der Waals surface area (Å²) >= 11 is 0.